The van der Waals surface area contributed by atoms with Crippen molar-refractivity contribution in [3.05, 3.63) is 28.8 Å². The SMILES string of the molecule is COc1cc(C)cc(C)c1C(N)CCC1CCCCO1. The molecule has 112 valence electrons. The first-order valence-corrected chi connectivity index (χ1v) is 7.64. The first-order valence-electron chi connectivity index (χ1n) is 7.64. The van der Waals surface area contributed by atoms with Gasteiger partial charge in [-0.25, -0.2) is 0 Å². The van der Waals surface area contributed by atoms with Gasteiger partial charge in [-0.3, -0.25) is 0 Å². The summed E-state index contributed by atoms with van der Waals surface area (Å²) in [4.78, 5) is 0. The fourth-order valence-electron chi connectivity index (χ4n) is 3.13. The van der Waals surface area contributed by atoms with Crippen LogP contribution in [0.1, 0.15) is 54.8 Å². The smallest absolute Gasteiger partial charge is 0.124 e. The van der Waals surface area contributed by atoms with Gasteiger partial charge in [0.05, 0.1) is 13.2 Å². The molecule has 20 heavy (non-hydrogen) atoms. The molecule has 1 aromatic rings. The highest BCUT2D eigenvalue weighted by molar-refractivity contribution is 5.44. The third-order valence-corrected chi connectivity index (χ3v) is 4.16. The Bertz CT molecular complexity index is 439. The van der Waals surface area contributed by atoms with Crippen molar-refractivity contribution in [2.24, 2.45) is 5.73 Å². The van der Waals surface area contributed by atoms with Crippen molar-refractivity contribution < 1.29 is 9.47 Å². The summed E-state index contributed by atoms with van der Waals surface area (Å²) >= 11 is 0. The summed E-state index contributed by atoms with van der Waals surface area (Å²) in [5.41, 5.74) is 9.99. The van der Waals surface area contributed by atoms with Crippen molar-refractivity contribution in [2.45, 2.75) is 58.1 Å². The van der Waals surface area contributed by atoms with Gasteiger partial charge in [0, 0.05) is 18.2 Å². The van der Waals surface area contributed by atoms with Crippen molar-refractivity contribution in [2.75, 3.05) is 13.7 Å². The van der Waals surface area contributed by atoms with Crippen LogP contribution in [0, 0.1) is 13.8 Å². The fraction of sp³-hybridized carbons (Fsp3) is 0.647. The quantitative estimate of drug-likeness (QED) is 0.893. The molecule has 3 heteroatoms. The highest BCUT2D eigenvalue weighted by Gasteiger charge is 2.19. The first kappa shape index (κ1) is 15.3. The van der Waals surface area contributed by atoms with Gasteiger partial charge in [-0.15, -0.1) is 0 Å². The van der Waals surface area contributed by atoms with Gasteiger partial charge in [0.15, 0.2) is 0 Å². The molecule has 1 aliphatic heterocycles. The zero-order valence-corrected chi connectivity index (χ0v) is 12.9. The summed E-state index contributed by atoms with van der Waals surface area (Å²) in [6.45, 7) is 5.11. The second-order valence-electron chi connectivity index (χ2n) is 5.87. The molecule has 0 aliphatic carbocycles. The van der Waals surface area contributed by atoms with Crippen LogP contribution in [0.5, 0.6) is 5.75 Å². The number of methoxy groups -OCH3 is 1. The van der Waals surface area contributed by atoms with E-state index in [0.29, 0.717) is 6.10 Å². The maximum Gasteiger partial charge on any atom is 0.124 e. The van der Waals surface area contributed by atoms with Gasteiger partial charge in [-0.05, 0) is 63.1 Å². The monoisotopic (exact) mass is 277 g/mol. The minimum atomic E-state index is 0.0241. The average molecular weight is 277 g/mol. The van der Waals surface area contributed by atoms with Crippen LogP contribution in [0.15, 0.2) is 12.1 Å². The number of rotatable bonds is 5. The molecule has 2 atom stereocenters. The van der Waals surface area contributed by atoms with E-state index >= 15 is 0 Å². The Morgan fingerprint density at radius 3 is 2.80 bits per heavy atom. The molecule has 0 radical (unpaired) electrons. The Balaban J connectivity index is 2.02. The van der Waals surface area contributed by atoms with Gasteiger partial charge >= 0.3 is 0 Å². The van der Waals surface area contributed by atoms with Crippen molar-refractivity contribution in [3.63, 3.8) is 0 Å². The van der Waals surface area contributed by atoms with Crippen molar-refractivity contribution in [1.29, 1.82) is 0 Å². The van der Waals surface area contributed by atoms with Crippen LogP contribution < -0.4 is 10.5 Å². The number of hydrogen-bond acceptors (Lipinski definition) is 3. The van der Waals surface area contributed by atoms with Gasteiger partial charge in [-0.1, -0.05) is 6.07 Å². The van der Waals surface area contributed by atoms with E-state index in [1.165, 1.54) is 30.4 Å². The minimum absolute atomic E-state index is 0.0241. The summed E-state index contributed by atoms with van der Waals surface area (Å²) in [5.74, 6) is 0.916. The molecule has 1 fully saturated rings. The Hall–Kier alpha value is -1.06. The van der Waals surface area contributed by atoms with Crippen molar-refractivity contribution >= 4 is 0 Å². The lowest BCUT2D eigenvalue weighted by Gasteiger charge is -2.25. The Morgan fingerprint density at radius 1 is 1.35 bits per heavy atom. The normalized spacial score (nSPS) is 20.7. The van der Waals surface area contributed by atoms with Gasteiger partial charge in [-0.2, -0.15) is 0 Å². The standard InChI is InChI=1S/C17H27NO2/c1-12-10-13(2)17(16(11-12)19-3)15(18)8-7-14-6-4-5-9-20-14/h10-11,14-15H,4-9,18H2,1-3H3. The molecule has 1 aromatic carbocycles. The van der Waals surface area contributed by atoms with Crippen LogP contribution in [-0.4, -0.2) is 19.8 Å². The number of hydrogen-bond donors (Lipinski definition) is 1. The zero-order valence-electron chi connectivity index (χ0n) is 12.9. The summed E-state index contributed by atoms with van der Waals surface area (Å²) in [7, 11) is 1.72. The Morgan fingerprint density at radius 2 is 2.15 bits per heavy atom. The van der Waals surface area contributed by atoms with Crippen LogP contribution >= 0.6 is 0 Å². The molecule has 0 bridgehead atoms. The molecule has 2 unspecified atom stereocenters. The molecule has 3 nitrogen and oxygen atoms in total. The van der Waals surface area contributed by atoms with Gasteiger partial charge in [0.2, 0.25) is 0 Å². The number of benzene rings is 1. The lowest BCUT2D eigenvalue weighted by molar-refractivity contribution is 0.00908. The molecule has 0 saturated carbocycles. The molecule has 0 aromatic heterocycles. The number of aryl methyl sites for hydroxylation is 2. The molecular weight excluding hydrogens is 250 g/mol. The Labute approximate surface area is 122 Å². The van der Waals surface area contributed by atoms with Crippen molar-refractivity contribution in [3.8, 4) is 5.75 Å². The van der Waals surface area contributed by atoms with Crippen molar-refractivity contribution in [1.82, 2.24) is 0 Å². The van der Waals surface area contributed by atoms with Crippen LogP contribution in [0.2, 0.25) is 0 Å². The Kier molecular flexibility index (Phi) is 5.44. The molecular formula is C17H27NO2. The second kappa shape index (κ2) is 7.09. The maximum atomic E-state index is 6.40. The molecule has 1 aliphatic rings. The van der Waals surface area contributed by atoms with E-state index in [1.54, 1.807) is 7.11 Å². The van der Waals surface area contributed by atoms with Gasteiger partial charge in [0.1, 0.15) is 5.75 Å². The van der Waals surface area contributed by atoms with E-state index < -0.39 is 0 Å². The summed E-state index contributed by atoms with van der Waals surface area (Å²) in [6.07, 6.45) is 6.05. The van der Waals surface area contributed by atoms with E-state index in [0.717, 1.165) is 30.8 Å². The van der Waals surface area contributed by atoms with E-state index in [2.05, 4.69) is 26.0 Å². The topological polar surface area (TPSA) is 44.5 Å². The van der Waals surface area contributed by atoms with Crippen LogP contribution in [0.4, 0.5) is 0 Å². The zero-order chi connectivity index (χ0) is 14.5. The largest absolute Gasteiger partial charge is 0.496 e. The predicted octanol–water partition coefficient (Wildman–Crippen LogP) is 3.66. The van der Waals surface area contributed by atoms with Crippen LogP contribution in [0.25, 0.3) is 0 Å². The third-order valence-electron chi connectivity index (χ3n) is 4.16. The average Bonchev–Trinajstić information content (AvgIpc) is 2.45. The highest BCUT2D eigenvalue weighted by Crippen LogP contribution is 2.32. The third kappa shape index (κ3) is 3.74. The fourth-order valence-corrected chi connectivity index (χ4v) is 3.13. The van der Waals surface area contributed by atoms with Gasteiger partial charge < -0.3 is 15.2 Å². The second-order valence-corrected chi connectivity index (χ2v) is 5.87. The summed E-state index contributed by atoms with van der Waals surface area (Å²) in [6, 6.07) is 4.27. The molecule has 2 N–H and O–H groups in total. The number of nitrogens with two attached hydrogens (primary N) is 1. The minimum Gasteiger partial charge on any atom is -0.496 e. The highest BCUT2D eigenvalue weighted by atomic mass is 16.5. The predicted molar refractivity (Wildman–Crippen MR) is 82.2 cm³/mol. The number of ether oxygens (including phenoxy) is 2. The molecule has 2 rings (SSSR count). The van der Waals surface area contributed by atoms with Crippen LogP contribution in [-0.2, 0) is 4.74 Å². The lowest BCUT2D eigenvalue weighted by Crippen LogP contribution is -2.22. The van der Waals surface area contributed by atoms with E-state index in [1.807, 2.05) is 0 Å². The molecule has 0 spiro atoms. The first-order chi connectivity index (χ1) is 9.61. The van der Waals surface area contributed by atoms with E-state index in [9.17, 15) is 0 Å². The summed E-state index contributed by atoms with van der Waals surface area (Å²) in [5, 5.41) is 0. The molecule has 0 amide bonds. The van der Waals surface area contributed by atoms with E-state index in [-0.39, 0.29) is 6.04 Å². The summed E-state index contributed by atoms with van der Waals surface area (Å²) < 4.78 is 11.3. The maximum absolute atomic E-state index is 6.40. The van der Waals surface area contributed by atoms with Crippen LogP contribution in [0.3, 0.4) is 0 Å². The molecule has 1 saturated heterocycles. The lowest BCUT2D eigenvalue weighted by atomic mass is 9.93. The van der Waals surface area contributed by atoms with Gasteiger partial charge in [0.25, 0.3) is 0 Å². The molecule has 1 heterocycles. The van der Waals surface area contributed by atoms with E-state index in [4.69, 9.17) is 15.2 Å².